The van der Waals surface area contributed by atoms with Crippen LogP contribution in [-0.2, 0) is 23.7 Å². The molecule has 14 nitrogen and oxygen atoms in total. The van der Waals surface area contributed by atoms with Crippen LogP contribution in [0.3, 0.4) is 0 Å². The van der Waals surface area contributed by atoms with Gasteiger partial charge in [-0.05, 0) is 89.9 Å². The lowest BCUT2D eigenvalue weighted by Gasteiger charge is -2.46. The topological polar surface area (TPSA) is 228 Å². The minimum absolute atomic E-state index is 0.251. The third kappa shape index (κ3) is 36.3. The first-order valence-electron chi connectivity index (χ1n) is 31.8. The van der Waals surface area contributed by atoms with Crippen LogP contribution in [0.5, 0.6) is 0 Å². The first kappa shape index (κ1) is 74.5. The van der Waals surface area contributed by atoms with E-state index in [0.29, 0.717) is 6.42 Å². The smallest absolute Gasteiger partial charge is 0.220 e. The predicted molar refractivity (Wildman–Crippen MR) is 332 cm³/mol. The van der Waals surface area contributed by atoms with Crippen LogP contribution in [-0.4, -0.2) is 140 Å². The Balaban J connectivity index is 1.58. The summed E-state index contributed by atoms with van der Waals surface area (Å²) >= 11 is 0. The molecule has 0 spiro atoms. The van der Waals surface area contributed by atoms with Gasteiger partial charge in [0.05, 0.1) is 32.0 Å². The van der Waals surface area contributed by atoms with Gasteiger partial charge < -0.3 is 65.1 Å². The van der Waals surface area contributed by atoms with E-state index < -0.39 is 86.8 Å². The quantitative estimate of drug-likeness (QED) is 0.0204. The van der Waals surface area contributed by atoms with Gasteiger partial charge in [0.2, 0.25) is 5.91 Å². The Bertz CT molecular complexity index is 1840. The zero-order chi connectivity index (χ0) is 59.5. The molecule has 0 bridgehead atoms. The van der Waals surface area contributed by atoms with Crippen LogP contribution in [0.25, 0.3) is 0 Å². The number of allylic oxidation sites excluding steroid dienone is 19. The summed E-state index contributed by atoms with van der Waals surface area (Å²) < 4.78 is 22.7. The number of ether oxygens (including phenoxy) is 4. The molecular weight excluding hydrogens is 1040 g/mol. The average molecular weight is 1150 g/mol. The Morgan fingerprint density at radius 1 is 0.451 bits per heavy atom. The summed E-state index contributed by atoms with van der Waals surface area (Å²) in [4.78, 5) is 13.2. The van der Waals surface area contributed by atoms with Crippen molar-refractivity contribution in [1.82, 2.24) is 5.32 Å². The number of rotatable bonds is 49. The van der Waals surface area contributed by atoms with Crippen LogP contribution in [0.15, 0.2) is 122 Å². The monoisotopic (exact) mass is 1150 g/mol. The maximum absolute atomic E-state index is 13.2. The molecule has 0 radical (unpaired) electrons. The molecule has 0 aromatic carbocycles. The Hall–Kier alpha value is -3.61. The fourth-order valence-corrected chi connectivity index (χ4v) is 9.58. The van der Waals surface area contributed by atoms with E-state index in [1.54, 1.807) is 6.08 Å². The van der Waals surface area contributed by atoms with Crippen LogP contribution in [0.2, 0.25) is 0 Å². The Labute approximate surface area is 495 Å². The van der Waals surface area contributed by atoms with E-state index in [2.05, 4.69) is 129 Å². The van der Waals surface area contributed by atoms with E-state index in [4.69, 9.17) is 18.9 Å². The van der Waals surface area contributed by atoms with Gasteiger partial charge in [0.25, 0.3) is 0 Å². The molecule has 82 heavy (non-hydrogen) atoms. The van der Waals surface area contributed by atoms with Gasteiger partial charge in [-0.1, -0.05) is 232 Å². The summed E-state index contributed by atoms with van der Waals surface area (Å²) in [5, 5.41) is 86.8. The molecule has 0 saturated carbocycles. The van der Waals surface area contributed by atoms with E-state index in [9.17, 15) is 45.6 Å². The van der Waals surface area contributed by atoms with Crippen molar-refractivity contribution in [2.75, 3.05) is 19.8 Å². The lowest BCUT2D eigenvalue weighted by Crippen LogP contribution is -2.65. The molecule has 2 saturated heterocycles. The van der Waals surface area contributed by atoms with Gasteiger partial charge in [-0.3, -0.25) is 4.79 Å². The summed E-state index contributed by atoms with van der Waals surface area (Å²) in [7, 11) is 0. The average Bonchev–Trinajstić information content (AvgIpc) is 3.38. The van der Waals surface area contributed by atoms with Crippen LogP contribution >= 0.6 is 0 Å². The number of carbonyl (C=O) groups excluding carboxylic acids is 1. The molecule has 2 fully saturated rings. The van der Waals surface area contributed by atoms with Crippen LogP contribution < -0.4 is 5.32 Å². The summed E-state index contributed by atoms with van der Waals surface area (Å²) in [5.74, 6) is -0.251. The summed E-state index contributed by atoms with van der Waals surface area (Å²) in [5.41, 5.74) is 0. The molecule has 2 rings (SSSR count). The maximum Gasteiger partial charge on any atom is 0.220 e. The molecule has 1 amide bonds. The van der Waals surface area contributed by atoms with Crippen LogP contribution in [0, 0.1) is 0 Å². The number of nitrogens with one attached hydrogen (secondary N) is 1. The van der Waals surface area contributed by atoms with Crippen molar-refractivity contribution in [2.24, 2.45) is 0 Å². The predicted octanol–water partition coefficient (Wildman–Crippen LogP) is 11.8. The molecular formula is C68H113NO13. The number of unbranched alkanes of at least 4 members (excludes halogenated alkanes) is 18. The van der Waals surface area contributed by atoms with Gasteiger partial charge >= 0.3 is 0 Å². The molecule has 12 atom stereocenters. The van der Waals surface area contributed by atoms with Gasteiger partial charge in [-0.25, -0.2) is 0 Å². The summed E-state index contributed by atoms with van der Waals surface area (Å²) in [6.45, 7) is 2.62. The molecule has 468 valence electrons. The summed E-state index contributed by atoms with van der Waals surface area (Å²) in [6, 6.07) is -0.921. The van der Waals surface area contributed by atoms with Gasteiger partial charge in [0.15, 0.2) is 12.6 Å². The van der Waals surface area contributed by atoms with Gasteiger partial charge in [-0.2, -0.15) is 0 Å². The van der Waals surface area contributed by atoms with Crippen molar-refractivity contribution in [1.29, 1.82) is 0 Å². The van der Waals surface area contributed by atoms with Crippen molar-refractivity contribution in [3.63, 3.8) is 0 Å². The highest BCUT2D eigenvalue weighted by Crippen LogP contribution is 2.30. The van der Waals surface area contributed by atoms with E-state index in [1.807, 2.05) is 6.08 Å². The standard InChI is InChI=1S/C68H113NO13/c1-3-5-7-9-11-13-14-15-16-17-18-19-20-21-22-23-24-25-26-27-28-29-30-31-32-33-34-35-36-37-38-39-40-41-42-44-46-48-50-52-60(73)69-56(57(72)51-49-47-45-43-12-10-8-6-4-2)55-79-67-65(78)63(76)66(59(54-71)81-67)82-68-64(77)62(75)61(74)58(53-70)80-68/h5,7,11,13,15-16,18-19,21-22,24-25,27-28,30-31,33-34,49,51,56-59,61-68,70-72,74-78H,3-4,6,8-10,12,14,17,20,23,26,29,32,35-48,50,52-55H2,1-2H3,(H,69,73)/b7-5-,13-11-,16-15-,19-18-,22-21-,25-24-,28-27-,31-30-,34-33-,51-49+. The molecule has 2 aliphatic rings. The number of hydrogen-bond acceptors (Lipinski definition) is 13. The highest BCUT2D eigenvalue weighted by molar-refractivity contribution is 5.76. The van der Waals surface area contributed by atoms with Gasteiger partial charge in [0, 0.05) is 6.42 Å². The molecule has 2 heterocycles. The zero-order valence-corrected chi connectivity index (χ0v) is 50.4. The highest BCUT2D eigenvalue weighted by atomic mass is 16.7. The number of aliphatic hydroxyl groups excluding tert-OH is 8. The molecule has 0 aromatic rings. The van der Waals surface area contributed by atoms with Crippen molar-refractivity contribution < 1.29 is 64.6 Å². The van der Waals surface area contributed by atoms with Crippen molar-refractivity contribution >= 4 is 5.91 Å². The number of amides is 1. The first-order chi connectivity index (χ1) is 40.1. The first-order valence-corrected chi connectivity index (χ1v) is 31.8. The van der Waals surface area contributed by atoms with Crippen LogP contribution in [0.1, 0.15) is 206 Å². The Morgan fingerprint density at radius 3 is 1.29 bits per heavy atom. The van der Waals surface area contributed by atoms with Gasteiger partial charge in [-0.15, -0.1) is 0 Å². The Morgan fingerprint density at radius 2 is 0.841 bits per heavy atom. The second-order valence-electron chi connectivity index (χ2n) is 21.8. The number of carbonyl (C=O) groups is 1. The maximum atomic E-state index is 13.2. The van der Waals surface area contributed by atoms with E-state index in [-0.39, 0.29) is 18.9 Å². The van der Waals surface area contributed by atoms with Crippen LogP contribution in [0.4, 0.5) is 0 Å². The second-order valence-corrected chi connectivity index (χ2v) is 21.8. The Kier molecular flexibility index (Phi) is 47.0. The fourth-order valence-electron chi connectivity index (χ4n) is 9.58. The minimum Gasteiger partial charge on any atom is -0.394 e. The molecule has 12 unspecified atom stereocenters. The second kappa shape index (κ2) is 51.8. The van der Waals surface area contributed by atoms with E-state index >= 15 is 0 Å². The third-order valence-corrected chi connectivity index (χ3v) is 14.7. The largest absolute Gasteiger partial charge is 0.394 e. The van der Waals surface area contributed by atoms with Crippen molar-refractivity contribution in [3.8, 4) is 0 Å². The van der Waals surface area contributed by atoms with Crippen molar-refractivity contribution in [3.05, 3.63) is 122 Å². The van der Waals surface area contributed by atoms with Gasteiger partial charge in [0.1, 0.15) is 48.8 Å². The number of hydrogen-bond donors (Lipinski definition) is 9. The minimum atomic E-state index is -1.79. The molecule has 0 aliphatic carbocycles. The van der Waals surface area contributed by atoms with E-state index in [1.165, 1.54) is 70.6 Å². The normalized spacial score (nSPS) is 24.8. The molecule has 14 heteroatoms. The SMILES string of the molecule is CC/C=C\C/C=C\C/C=C\C/C=C\C/C=C\C/C=C\C/C=C\C/C=C\C/C=C\CCCCCCCCCCCCCC(=O)NC(COC1OC(CO)C(OC2OC(CO)C(O)C(O)C2O)C(O)C1O)C(O)/C=C/CCCCCCCCC. The zero-order valence-electron chi connectivity index (χ0n) is 50.4. The summed E-state index contributed by atoms with van der Waals surface area (Å²) in [6.07, 6.45) is 58.5. The molecule has 2 aliphatic heterocycles. The van der Waals surface area contributed by atoms with Crippen molar-refractivity contribution in [2.45, 2.75) is 280 Å². The fraction of sp³-hybridized carbons (Fsp3) is 0.691. The number of aliphatic hydroxyl groups is 8. The third-order valence-electron chi connectivity index (χ3n) is 14.7. The molecule has 9 N–H and O–H groups in total. The van der Waals surface area contributed by atoms with E-state index in [0.717, 1.165) is 109 Å². The molecule has 0 aromatic heterocycles. The highest BCUT2D eigenvalue weighted by Gasteiger charge is 2.51. The lowest BCUT2D eigenvalue weighted by atomic mass is 9.97. The lowest BCUT2D eigenvalue weighted by molar-refractivity contribution is -0.359.